The third kappa shape index (κ3) is 3.23. The number of aromatic nitrogens is 3. The fraction of sp³-hybridized carbons (Fsp3) is 0.400. The normalized spacial score (nSPS) is 23.8. The van der Waals surface area contributed by atoms with E-state index in [1.54, 1.807) is 24.5 Å². The minimum atomic E-state index is -0.793. The van der Waals surface area contributed by atoms with E-state index >= 15 is 0 Å². The zero-order chi connectivity index (χ0) is 19.1. The van der Waals surface area contributed by atoms with Crippen LogP contribution in [0.2, 0.25) is 5.02 Å². The van der Waals surface area contributed by atoms with Gasteiger partial charge in [-0.2, -0.15) is 0 Å². The molecule has 1 fully saturated rings. The number of benzene rings is 1. The zero-order valence-electron chi connectivity index (χ0n) is 15.1. The fourth-order valence-electron chi connectivity index (χ4n) is 4.25. The first-order valence-corrected chi connectivity index (χ1v) is 9.50. The van der Waals surface area contributed by atoms with E-state index in [0.717, 1.165) is 27.9 Å². The molecule has 0 amide bonds. The smallest absolute Gasteiger partial charge is 0.143 e. The molecule has 3 aromatic rings. The maximum atomic E-state index is 11.0. The van der Waals surface area contributed by atoms with Gasteiger partial charge in [0.05, 0.1) is 17.9 Å². The van der Waals surface area contributed by atoms with Crippen LogP contribution in [0.5, 0.6) is 0 Å². The minimum absolute atomic E-state index is 0.0695. The first-order chi connectivity index (χ1) is 13.0. The lowest BCUT2D eigenvalue weighted by atomic mass is 9.90. The molecule has 1 aliphatic carbocycles. The van der Waals surface area contributed by atoms with E-state index in [4.69, 9.17) is 17.3 Å². The van der Waals surface area contributed by atoms with Gasteiger partial charge in [-0.1, -0.05) is 17.7 Å². The van der Waals surface area contributed by atoms with Crippen LogP contribution in [-0.2, 0) is 6.54 Å². The number of nitrogens with two attached hydrogens (primary N) is 1. The van der Waals surface area contributed by atoms with E-state index in [0.29, 0.717) is 17.9 Å². The van der Waals surface area contributed by atoms with Crippen LogP contribution in [0.4, 0.5) is 0 Å². The summed E-state index contributed by atoms with van der Waals surface area (Å²) in [7, 11) is 0. The fourth-order valence-corrected chi connectivity index (χ4v) is 4.44. The van der Waals surface area contributed by atoms with Crippen LogP contribution < -0.4 is 5.73 Å². The predicted octanol–water partition coefficient (Wildman–Crippen LogP) is 2.90. The Kier molecular flexibility index (Phi) is 4.90. The molecular formula is C20H23ClN4O2. The largest absolute Gasteiger partial charge is 0.393 e. The summed E-state index contributed by atoms with van der Waals surface area (Å²) in [6, 6.07) is 7.40. The molecule has 2 aromatic heterocycles. The molecule has 1 aliphatic rings. The summed E-state index contributed by atoms with van der Waals surface area (Å²) in [6.07, 6.45) is 3.38. The van der Waals surface area contributed by atoms with E-state index in [-0.39, 0.29) is 18.5 Å². The van der Waals surface area contributed by atoms with Gasteiger partial charge in [0, 0.05) is 35.1 Å². The highest BCUT2D eigenvalue weighted by atomic mass is 35.5. The Hall–Kier alpha value is -1.99. The Morgan fingerprint density at radius 3 is 2.89 bits per heavy atom. The zero-order valence-corrected chi connectivity index (χ0v) is 15.8. The van der Waals surface area contributed by atoms with Gasteiger partial charge in [-0.15, -0.1) is 0 Å². The third-order valence-electron chi connectivity index (χ3n) is 5.70. The Morgan fingerprint density at radius 2 is 2.11 bits per heavy atom. The second kappa shape index (κ2) is 7.20. The summed E-state index contributed by atoms with van der Waals surface area (Å²) in [4.78, 5) is 8.65. The lowest BCUT2D eigenvalue weighted by molar-refractivity contribution is 0.0302. The van der Waals surface area contributed by atoms with Crippen LogP contribution in [0.3, 0.4) is 0 Å². The van der Waals surface area contributed by atoms with Gasteiger partial charge >= 0.3 is 0 Å². The average Bonchev–Trinajstić information content (AvgIpc) is 3.25. The molecule has 4 atom stereocenters. The van der Waals surface area contributed by atoms with Crippen molar-refractivity contribution in [2.24, 2.45) is 11.7 Å². The molecule has 1 saturated carbocycles. The first kappa shape index (κ1) is 18.4. The van der Waals surface area contributed by atoms with Crippen LogP contribution in [0.1, 0.15) is 41.8 Å². The standard InChI is InChI=1S/C20H23ClN4O2/c1-11-15-4-5-25(20(15)24-10-23-11)14-7-17(18(26)8-14)19(27)16-3-2-13(21)6-12(16)9-22/h2-6,10,14,17-19,26-27H,7-9,22H2,1H3/t14-,17+,18+,19?/m1/s1. The van der Waals surface area contributed by atoms with E-state index in [1.165, 1.54) is 0 Å². The van der Waals surface area contributed by atoms with E-state index in [1.807, 2.05) is 19.2 Å². The van der Waals surface area contributed by atoms with E-state index in [2.05, 4.69) is 14.5 Å². The molecule has 0 spiro atoms. The van der Waals surface area contributed by atoms with Crippen LogP contribution in [-0.4, -0.2) is 30.9 Å². The highest BCUT2D eigenvalue weighted by Gasteiger charge is 2.39. The van der Waals surface area contributed by atoms with Gasteiger partial charge in [-0.05, 0) is 49.1 Å². The molecule has 0 aliphatic heterocycles. The molecule has 1 aromatic carbocycles. The van der Waals surface area contributed by atoms with Crippen molar-refractivity contribution in [2.45, 2.75) is 44.6 Å². The monoisotopic (exact) mass is 386 g/mol. The Bertz CT molecular complexity index is 974. The van der Waals surface area contributed by atoms with Crippen molar-refractivity contribution in [3.05, 3.63) is 58.6 Å². The minimum Gasteiger partial charge on any atom is -0.393 e. The molecule has 0 bridgehead atoms. The highest BCUT2D eigenvalue weighted by molar-refractivity contribution is 6.30. The first-order valence-electron chi connectivity index (χ1n) is 9.12. The van der Waals surface area contributed by atoms with E-state index in [9.17, 15) is 10.2 Å². The quantitative estimate of drug-likeness (QED) is 0.640. The topological polar surface area (TPSA) is 97.2 Å². The summed E-state index contributed by atoms with van der Waals surface area (Å²) in [5, 5.41) is 23.2. The van der Waals surface area contributed by atoms with Gasteiger partial charge in [0.15, 0.2) is 0 Å². The molecule has 142 valence electrons. The van der Waals surface area contributed by atoms with Crippen molar-refractivity contribution in [2.75, 3.05) is 0 Å². The van der Waals surface area contributed by atoms with Crippen molar-refractivity contribution < 1.29 is 10.2 Å². The summed E-state index contributed by atoms with van der Waals surface area (Å²) in [5.74, 6) is -0.276. The lowest BCUT2D eigenvalue weighted by Crippen LogP contribution is -2.22. The average molecular weight is 387 g/mol. The highest BCUT2D eigenvalue weighted by Crippen LogP contribution is 2.43. The maximum absolute atomic E-state index is 11.0. The Balaban J connectivity index is 1.62. The molecule has 0 radical (unpaired) electrons. The molecule has 0 saturated heterocycles. The van der Waals surface area contributed by atoms with Gasteiger partial charge in [0.2, 0.25) is 0 Å². The van der Waals surface area contributed by atoms with Crippen LogP contribution in [0, 0.1) is 12.8 Å². The third-order valence-corrected chi connectivity index (χ3v) is 5.94. The molecule has 2 heterocycles. The van der Waals surface area contributed by atoms with Crippen molar-refractivity contribution in [3.63, 3.8) is 0 Å². The number of aliphatic hydroxyl groups is 2. The second-order valence-corrected chi connectivity index (χ2v) is 7.70. The molecular weight excluding hydrogens is 364 g/mol. The molecule has 4 N–H and O–H groups in total. The maximum Gasteiger partial charge on any atom is 0.143 e. The number of aliphatic hydroxyl groups excluding tert-OH is 2. The number of nitrogens with zero attached hydrogens (tertiary/aromatic N) is 3. The second-order valence-electron chi connectivity index (χ2n) is 7.27. The van der Waals surface area contributed by atoms with Crippen molar-refractivity contribution in [3.8, 4) is 0 Å². The van der Waals surface area contributed by atoms with E-state index < -0.39 is 12.2 Å². The molecule has 4 rings (SSSR count). The van der Waals surface area contributed by atoms with Crippen molar-refractivity contribution in [1.29, 1.82) is 0 Å². The van der Waals surface area contributed by atoms with Gasteiger partial charge in [-0.25, -0.2) is 9.97 Å². The summed E-state index contributed by atoms with van der Waals surface area (Å²) in [5.41, 5.74) is 9.16. The number of rotatable bonds is 4. The lowest BCUT2D eigenvalue weighted by Gasteiger charge is -2.24. The Morgan fingerprint density at radius 1 is 1.30 bits per heavy atom. The van der Waals surface area contributed by atoms with Gasteiger partial charge in [0.1, 0.15) is 12.0 Å². The number of aryl methyl sites for hydroxylation is 1. The molecule has 27 heavy (non-hydrogen) atoms. The van der Waals surface area contributed by atoms with Crippen LogP contribution in [0.25, 0.3) is 11.0 Å². The van der Waals surface area contributed by atoms with Crippen molar-refractivity contribution >= 4 is 22.6 Å². The van der Waals surface area contributed by atoms with Crippen LogP contribution >= 0.6 is 11.6 Å². The molecule has 1 unspecified atom stereocenters. The predicted molar refractivity (Wildman–Crippen MR) is 104 cm³/mol. The van der Waals surface area contributed by atoms with Gasteiger partial charge in [-0.3, -0.25) is 0 Å². The molecule has 7 heteroatoms. The Labute approximate surface area is 162 Å². The van der Waals surface area contributed by atoms with Crippen molar-refractivity contribution in [1.82, 2.24) is 14.5 Å². The summed E-state index contributed by atoms with van der Waals surface area (Å²) in [6.45, 7) is 2.25. The summed E-state index contributed by atoms with van der Waals surface area (Å²) >= 11 is 6.05. The summed E-state index contributed by atoms with van der Waals surface area (Å²) < 4.78 is 2.09. The number of fused-ring (bicyclic) bond motifs is 1. The van der Waals surface area contributed by atoms with Gasteiger partial charge < -0.3 is 20.5 Å². The number of halogens is 1. The SMILES string of the molecule is Cc1ncnc2c1ccn2[C@@H]1C[C@H](C(O)c2ccc(Cl)cc2CN)[C@@H](O)C1. The van der Waals surface area contributed by atoms with Gasteiger partial charge in [0.25, 0.3) is 0 Å². The number of hydrogen-bond acceptors (Lipinski definition) is 5. The number of hydrogen-bond donors (Lipinski definition) is 3. The molecule has 6 nitrogen and oxygen atoms in total. The van der Waals surface area contributed by atoms with Crippen LogP contribution in [0.15, 0.2) is 36.8 Å².